The van der Waals surface area contributed by atoms with Gasteiger partial charge in [0.15, 0.2) is 0 Å². The van der Waals surface area contributed by atoms with Crippen molar-refractivity contribution in [3.05, 3.63) is 40.4 Å². The Morgan fingerprint density at radius 2 is 2.32 bits per heavy atom. The van der Waals surface area contributed by atoms with Gasteiger partial charge >= 0.3 is 0 Å². The van der Waals surface area contributed by atoms with Crippen molar-refractivity contribution in [2.24, 2.45) is 0 Å². The molecule has 1 heterocycles. The fourth-order valence-corrected chi connectivity index (χ4v) is 2.43. The number of benzene rings is 1. The molecule has 0 atom stereocenters. The quantitative estimate of drug-likeness (QED) is 0.933. The summed E-state index contributed by atoms with van der Waals surface area (Å²) >= 11 is 7.31. The molecule has 6 heteroatoms. The fraction of sp³-hybridized carbons (Fsp3) is 0.231. The van der Waals surface area contributed by atoms with Crippen LogP contribution in [0.3, 0.4) is 0 Å². The molecule has 0 saturated heterocycles. The van der Waals surface area contributed by atoms with Crippen LogP contribution in [0.25, 0.3) is 0 Å². The number of amides is 2. The molecule has 1 N–H and O–H groups in total. The number of nitrogens with zero attached hydrogens (tertiary/aromatic N) is 1. The average molecular weight is 297 g/mol. The predicted molar refractivity (Wildman–Crippen MR) is 78.1 cm³/mol. The largest absolute Gasteiger partial charge is 0.324 e. The van der Waals surface area contributed by atoms with Crippen molar-refractivity contribution in [1.29, 1.82) is 0 Å². The Morgan fingerprint density at radius 3 is 3.05 bits per heavy atom. The third kappa shape index (κ3) is 3.75. The van der Waals surface area contributed by atoms with Gasteiger partial charge in [0.1, 0.15) is 6.54 Å². The van der Waals surface area contributed by atoms with Crippen LogP contribution < -0.4 is 5.32 Å². The van der Waals surface area contributed by atoms with Gasteiger partial charge in [-0.2, -0.15) is 0 Å². The minimum absolute atomic E-state index is 0.0157. The van der Waals surface area contributed by atoms with Crippen molar-refractivity contribution in [1.82, 2.24) is 4.90 Å². The highest BCUT2D eigenvalue weighted by molar-refractivity contribution is 8.02. The highest BCUT2D eigenvalue weighted by atomic mass is 35.5. The average Bonchev–Trinajstić information content (AvgIpc) is 2.37. The summed E-state index contributed by atoms with van der Waals surface area (Å²) in [5.41, 5.74) is 1.59. The number of carbonyl (C=O) groups is 2. The Balaban J connectivity index is 2.01. The SMILES string of the molecule is Cc1ccc(Cl)cc1NC(=O)CN1C=CSCC1=O. The molecule has 0 fully saturated rings. The summed E-state index contributed by atoms with van der Waals surface area (Å²) in [6.07, 6.45) is 1.63. The first-order valence-corrected chi connectivity index (χ1v) is 7.12. The van der Waals surface area contributed by atoms with Crippen molar-refractivity contribution < 1.29 is 9.59 Å². The summed E-state index contributed by atoms with van der Waals surface area (Å²) < 4.78 is 0. The lowest BCUT2D eigenvalue weighted by molar-refractivity contribution is -0.129. The molecule has 0 spiro atoms. The Hall–Kier alpha value is -1.46. The maximum atomic E-state index is 11.9. The van der Waals surface area contributed by atoms with Crippen LogP contribution in [0.2, 0.25) is 5.02 Å². The van der Waals surface area contributed by atoms with E-state index in [-0.39, 0.29) is 18.4 Å². The third-order valence-electron chi connectivity index (χ3n) is 2.65. The normalized spacial score (nSPS) is 14.6. The maximum Gasteiger partial charge on any atom is 0.244 e. The zero-order chi connectivity index (χ0) is 13.8. The molecule has 1 aromatic carbocycles. The Bertz CT molecular complexity index is 545. The smallest absolute Gasteiger partial charge is 0.244 e. The van der Waals surface area contributed by atoms with Crippen LogP contribution in [0.5, 0.6) is 0 Å². The van der Waals surface area contributed by atoms with E-state index in [1.807, 2.05) is 13.0 Å². The second-order valence-electron chi connectivity index (χ2n) is 4.13. The van der Waals surface area contributed by atoms with Crippen molar-refractivity contribution in [3.63, 3.8) is 0 Å². The second kappa shape index (κ2) is 6.12. The topological polar surface area (TPSA) is 49.4 Å². The summed E-state index contributed by atoms with van der Waals surface area (Å²) in [5, 5.41) is 5.13. The Labute approximate surface area is 120 Å². The molecule has 100 valence electrons. The first kappa shape index (κ1) is 14.0. The second-order valence-corrected chi connectivity index (χ2v) is 5.46. The molecule has 19 heavy (non-hydrogen) atoms. The Morgan fingerprint density at radius 1 is 1.53 bits per heavy atom. The van der Waals surface area contributed by atoms with E-state index in [0.717, 1.165) is 5.56 Å². The number of aryl methyl sites for hydroxylation is 1. The molecule has 0 aromatic heterocycles. The van der Waals surface area contributed by atoms with E-state index in [9.17, 15) is 9.59 Å². The van der Waals surface area contributed by atoms with Gasteiger partial charge in [-0.3, -0.25) is 9.59 Å². The van der Waals surface area contributed by atoms with Crippen LogP contribution in [0, 0.1) is 6.92 Å². The minimum atomic E-state index is -0.240. The molecule has 1 aliphatic heterocycles. The van der Waals surface area contributed by atoms with E-state index in [1.54, 1.807) is 23.7 Å². The first-order chi connectivity index (χ1) is 9.06. The van der Waals surface area contributed by atoms with Gasteiger partial charge in [-0.15, -0.1) is 11.8 Å². The molecule has 2 rings (SSSR count). The maximum absolute atomic E-state index is 11.9. The van der Waals surface area contributed by atoms with Gasteiger partial charge in [0.05, 0.1) is 5.75 Å². The van der Waals surface area contributed by atoms with Gasteiger partial charge in [0.25, 0.3) is 0 Å². The standard InChI is InChI=1S/C13H13ClN2O2S/c1-9-2-3-10(14)6-11(9)15-12(17)7-16-4-5-19-8-13(16)18/h2-6H,7-8H2,1H3,(H,15,17). The van der Waals surface area contributed by atoms with E-state index >= 15 is 0 Å². The van der Waals surface area contributed by atoms with Crippen LogP contribution >= 0.6 is 23.4 Å². The van der Waals surface area contributed by atoms with Gasteiger partial charge in [0, 0.05) is 16.9 Å². The highest BCUT2D eigenvalue weighted by Crippen LogP contribution is 2.20. The zero-order valence-corrected chi connectivity index (χ0v) is 11.9. The molecule has 4 nitrogen and oxygen atoms in total. The number of thioether (sulfide) groups is 1. The number of anilines is 1. The van der Waals surface area contributed by atoms with Crippen molar-refractivity contribution in [3.8, 4) is 0 Å². The van der Waals surface area contributed by atoms with Gasteiger partial charge in [-0.1, -0.05) is 17.7 Å². The fourth-order valence-electron chi connectivity index (χ4n) is 1.62. The minimum Gasteiger partial charge on any atom is -0.324 e. The van der Waals surface area contributed by atoms with Crippen molar-refractivity contribution in [2.75, 3.05) is 17.6 Å². The summed E-state index contributed by atoms with van der Waals surface area (Å²) in [6.45, 7) is 1.90. The van der Waals surface area contributed by atoms with Crippen LogP contribution in [0.4, 0.5) is 5.69 Å². The molecule has 0 aliphatic carbocycles. The van der Waals surface area contributed by atoms with E-state index in [0.29, 0.717) is 16.5 Å². The molecule has 0 unspecified atom stereocenters. The highest BCUT2D eigenvalue weighted by Gasteiger charge is 2.17. The van der Waals surface area contributed by atoms with Crippen LogP contribution in [0.15, 0.2) is 29.8 Å². The lowest BCUT2D eigenvalue weighted by Crippen LogP contribution is -2.36. The summed E-state index contributed by atoms with van der Waals surface area (Å²) in [5.74, 6) is 0.0701. The summed E-state index contributed by atoms with van der Waals surface area (Å²) in [4.78, 5) is 24.9. The number of nitrogens with one attached hydrogen (secondary N) is 1. The molecule has 1 aromatic rings. The molecule has 0 radical (unpaired) electrons. The molecular formula is C13H13ClN2O2S. The first-order valence-electron chi connectivity index (χ1n) is 5.70. The third-order valence-corrected chi connectivity index (χ3v) is 3.61. The van der Waals surface area contributed by atoms with Crippen LogP contribution in [-0.4, -0.2) is 29.0 Å². The van der Waals surface area contributed by atoms with Crippen LogP contribution in [0.1, 0.15) is 5.56 Å². The number of carbonyl (C=O) groups excluding carboxylic acids is 2. The van der Waals surface area contributed by atoms with Gasteiger partial charge < -0.3 is 10.2 Å². The summed E-state index contributed by atoms with van der Waals surface area (Å²) in [7, 11) is 0. The Kier molecular flexibility index (Phi) is 4.50. The van der Waals surface area contributed by atoms with Crippen molar-refractivity contribution >= 4 is 40.9 Å². The lowest BCUT2D eigenvalue weighted by Gasteiger charge is -2.20. The predicted octanol–water partition coefficient (Wildman–Crippen LogP) is 2.63. The number of hydrogen-bond acceptors (Lipinski definition) is 3. The van der Waals surface area contributed by atoms with E-state index in [2.05, 4.69) is 5.32 Å². The van der Waals surface area contributed by atoms with Gasteiger partial charge in [0.2, 0.25) is 11.8 Å². The number of hydrogen-bond donors (Lipinski definition) is 1. The van der Waals surface area contributed by atoms with Crippen molar-refractivity contribution in [2.45, 2.75) is 6.92 Å². The van der Waals surface area contributed by atoms with E-state index in [1.165, 1.54) is 16.7 Å². The molecular weight excluding hydrogens is 284 g/mol. The monoisotopic (exact) mass is 296 g/mol. The van der Waals surface area contributed by atoms with Crippen LogP contribution in [-0.2, 0) is 9.59 Å². The van der Waals surface area contributed by atoms with E-state index < -0.39 is 0 Å². The van der Waals surface area contributed by atoms with E-state index in [4.69, 9.17) is 11.6 Å². The van der Waals surface area contributed by atoms with Gasteiger partial charge in [-0.25, -0.2) is 0 Å². The molecule has 0 bridgehead atoms. The van der Waals surface area contributed by atoms with Gasteiger partial charge in [-0.05, 0) is 30.0 Å². The molecule has 0 saturated carbocycles. The molecule has 1 aliphatic rings. The lowest BCUT2D eigenvalue weighted by atomic mass is 10.2. The zero-order valence-electron chi connectivity index (χ0n) is 10.4. The number of halogens is 1. The number of rotatable bonds is 3. The summed E-state index contributed by atoms with van der Waals surface area (Å²) in [6, 6.07) is 5.29. The molecule has 2 amide bonds.